The number of pyridine rings is 1. The molecule has 1 atom stereocenters. The summed E-state index contributed by atoms with van der Waals surface area (Å²) in [5.41, 5.74) is 6.92. The lowest BCUT2D eigenvalue weighted by atomic mass is 10.3. The van der Waals surface area contributed by atoms with Gasteiger partial charge in [-0.05, 0) is 12.1 Å². The largest absolute Gasteiger partial charge is 0.388 e. The van der Waals surface area contributed by atoms with E-state index >= 15 is 0 Å². The zero-order valence-electron chi connectivity index (χ0n) is 9.10. The molecule has 16 heavy (non-hydrogen) atoms. The van der Waals surface area contributed by atoms with Crippen LogP contribution in [-0.2, 0) is 10.8 Å². The SMILES string of the molecule is CCS(=O)CCNc1ccc(C(N)=S)nc1. The third-order valence-corrected chi connectivity index (χ3v) is 3.51. The molecule has 3 N–H and O–H groups in total. The van der Waals surface area contributed by atoms with Gasteiger partial charge in [-0.25, -0.2) is 0 Å². The van der Waals surface area contributed by atoms with Crippen LogP contribution in [-0.4, -0.2) is 32.2 Å². The topological polar surface area (TPSA) is 68.0 Å². The normalized spacial score (nSPS) is 12.1. The number of anilines is 1. The van der Waals surface area contributed by atoms with Gasteiger partial charge in [-0.2, -0.15) is 0 Å². The first-order chi connectivity index (χ1) is 7.63. The molecular formula is C10H15N3OS2. The molecule has 4 nitrogen and oxygen atoms in total. The van der Waals surface area contributed by atoms with Gasteiger partial charge in [-0.3, -0.25) is 9.19 Å². The van der Waals surface area contributed by atoms with Crippen LogP contribution < -0.4 is 11.1 Å². The molecule has 0 aliphatic heterocycles. The van der Waals surface area contributed by atoms with E-state index in [9.17, 15) is 4.21 Å². The number of nitrogens with zero attached hydrogens (tertiary/aromatic N) is 1. The number of hydrogen-bond donors (Lipinski definition) is 2. The summed E-state index contributed by atoms with van der Waals surface area (Å²) in [6, 6.07) is 3.62. The molecule has 0 bridgehead atoms. The maximum atomic E-state index is 11.2. The third kappa shape index (κ3) is 4.24. The van der Waals surface area contributed by atoms with Crippen molar-refractivity contribution in [2.75, 3.05) is 23.4 Å². The molecule has 0 aromatic carbocycles. The zero-order chi connectivity index (χ0) is 12.0. The van der Waals surface area contributed by atoms with Gasteiger partial charge in [0.1, 0.15) is 4.99 Å². The highest BCUT2D eigenvalue weighted by Gasteiger charge is 1.99. The predicted molar refractivity (Wildman–Crippen MR) is 72.2 cm³/mol. The molecule has 1 unspecified atom stereocenters. The van der Waals surface area contributed by atoms with E-state index in [0.717, 1.165) is 5.69 Å². The van der Waals surface area contributed by atoms with Crippen molar-refractivity contribution in [2.45, 2.75) is 6.92 Å². The summed E-state index contributed by atoms with van der Waals surface area (Å²) in [6.07, 6.45) is 1.67. The summed E-state index contributed by atoms with van der Waals surface area (Å²) in [5.74, 6) is 1.34. The highest BCUT2D eigenvalue weighted by molar-refractivity contribution is 7.84. The molecule has 1 rings (SSSR count). The van der Waals surface area contributed by atoms with Crippen LogP contribution >= 0.6 is 12.2 Å². The Morgan fingerprint density at radius 2 is 2.38 bits per heavy atom. The quantitative estimate of drug-likeness (QED) is 0.741. The lowest BCUT2D eigenvalue weighted by Crippen LogP contribution is -2.13. The number of nitrogens with two attached hydrogens (primary N) is 1. The Morgan fingerprint density at radius 3 is 2.88 bits per heavy atom. The summed E-state index contributed by atoms with van der Waals surface area (Å²) >= 11 is 4.80. The van der Waals surface area contributed by atoms with E-state index in [1.54, 1.807) is 12.3 Å². The molecule has 1 aromatic rings. The fraction of sp³-hybridized carbons (Fsp3) is 0.400. The number of nitrogens with one attached hydrogen (secondary N) is 1. The lowest BCUT2D eigenvalue weighted by molar-refractivity contribution is 0.684. The molecule has 88 valence electrons. The van der Waals surface area contributed by atoms with Crippen LogP contribution in [0.25, 0.3) is 0 Å². The van der Waals surface area contributed by atoms with Gasteiger partial charge in [0.15, 0.2) is 0 Å². The highest BCUT2D eigenvalue weighted by Crippen LogP contribution is 2.05. The van der Waals surface area contributed by atoms with Crippen LogP contribution in [0, 0.1) is 0 Å². The monoisotopic (exact) mass is 257 g/mol. The molecule has 0 saturated heterocycles. The second-order valence-electron chi connectivity index (χ2n) is 3.16. The Kier molecular flexibility index (Phi) is 5.34. The van der Waals surface area contributed by atoms with Gasteiger partial charge in [0.2, 0.25) is 0 Å². The fourth-order valence-corrected chi connectivity index (χ4v) is 1.84. The second-order valence-corrected chi connectivity index (χ2v) is 5.46. The first-order valence-corrected chi connectivity index (χ1v) is 6.87. The third-order valence-electron chi connectivity index (χ3n) is 2.00. The Labute approximate surface area is 103 Å². The van der Waals surface area contributed by atoms with Gasteiger partial charge in [0.25, 0.3) is 0 Å². The van der Waals surface area contributed by atoms with Gasteiger partial charge in [-0.1, -0.05) is 19.1 Å². The molecular weight excluding hydrogens is 242 g/mol. The molecule has 0 aliphatic carbocycles. The number of aromatic nitrogens is 1. The van der Waals surface area contributed by atoms with Crippen LogP contribution in [0.2, 0.25) is 0 Å². The Bertz CT molecular complexity index is 378. The van der Waals surface area contributed by atoms with Crippen LogP contribution in [0.15, 0.2) is 18.3 Å². The lowest BCUT2D eigenvalue weighted by Gasteiger charge is -2.05. The van der Waals surface area contributed by atoms with Gasteiger partial charge in [-0.15, -0.1) is 0 Å². The highest BCUT2D eigenvalue weighted by atomic mass is 32.2. The standard InChI is InChI=1S/C10H15N3OS2/c1-2-16(14)6-5-12-8-3-4-9(10(11)15)13-7-8/h3-4,7,12H,2,5-6H2,1H3,(H2,11,15). The number of hydrogen-bond acceptors (Lipinski definition) is 4. The van der Waals surface area contributed by atoms with Crippen molar-refractivity contribution in [3.05, 3.63) is 24.0 Å². The molecule has 0 saturated carbocycles. The maximum Gasteiger partial charge on any atom is 0.122 e. The predicted octanol–water partition coefficient (Wildman–Crippen LogP) is 0.896. The van der Waals surface area contributed by atoms with E-state index in [4.69, 9.17) is 18.0 Å². The smallest absolute Gasteiger partial charge is 0.122 e. The summed E-state index contributed by atoms with van der Waals surface area (Å²) < 4.78 is 11.2. The van der Waals surface area contributed by atoms with Gasteiger partial charge < -0.3 is 11.1 Å². The summed E-state index contributed by atoms with van der Waals surface area (Å²) in [5, 5.41) is 3.14. The van der Waals surface area contributed by atoms with E-state index in [1.807, 2.05) is 13.0 Å². The maximum absolute atomic E-state index is 11.2. The summed E-state index contributed by atoms with van der Waals surface area (Å²) in [7, 11) is -0.736. The Hall–Kier alpha value is -1.01. The van der Waals surface area contributed by atoms with Crippen molar-refractivity contribution in [3.8, 4) is 0 Å². The minimum Gasteiger partial charge on any atom is -0.388 e. The number of rotatable bonds is 6. The van der Waals surface area contributed by atoms with Crippen molar-refractivity contribution in [3.63, 3.8) is 0 Å². The summed E-state index contributed by atoms with van der Waals surface area (Å²) in [4.78, 5) is 4.38. The Morgan fingerprint density at radius 1 is 1.62 bits per heavy atom. The van der Waals surface area contributed by atoms with E-state index in [1.165, 1.54) is 0 Å². The average molecular weight is 257 g/mol. The Balaban J connectivity index is 2.43. The number of thiocarbonyl (C=S) groups is 1. The molecule has 0 amide bonds. The fourth-order valence-electron chi connectivity index (χ4n) is 1.10. The molecule has 0 radical (unpaired) electrons. The molecule has 0 spiro atoms. The van der Waals surface area contributed by atoms with Crippen molar-refractivity contribution in [2.24, 2.45) is 5.73 Å². The van der Waals surface area contributed by atoms with Gasteiger partial charge in [0, 0.05) is 28.9 Å². The van der Waals surface area contributed by atoms with Gasteiger partial charge >= 0.3 is 0 Å². The van der Waals surface area contributed by atoms with Crippen molar-refractivity contribution >= 4 is 33.7 Å². The van der Waals surface area contributed by atoms with E-state index in [-0.39, 0.29) is 0 Å². The minimum absolute atomic E-state index is 0.290. The van der Waals surface area contributed by atoms with Crippen LogP contribution in [0.1, 0.15) is 12.6 Å². The van der Waals surface area contributed by atoms with Crippen LogP contribution in [0.4, 0.5) is 5.69 Å². The minimum atomic E-state index is -0.736. The van der Waals surface area contributed by atoms with Crippen LogP contribution in [0.3, 0.4) is 0 Å². The summed E-state index contributed by atoms with van der Waals surface area (Å²) in [6.45, 7) is 2.59. The molecule has 0 fully saturated rings. The average Bonchev–Trinajstić information content (AvgIpc) is 2.29. The van der Waals surface area contributed by atoms with Crippen molar-refractivity contribution in [1.82, 2.24) is 4.98 Å². The second kappa shape index (κ2) is 6.55. The molecule has 1 aromatic heterocycles. The van der Waals surface area contributed by atoms with Crippen molar-refractivity contribution in [1.29, 1.82) is 0 Å². The van der Waals surface area contributed by atoms with Gasteiger partial charge in [0.05, 0.1) is 17.6 Å². The van der Waals surface area contributed by atoms with E-state index in [0.29, 0.717) is 28.7 Å². The first-order valence-electron chi connectivity index (χ1n) is 4.98. The van der Waals surface area contributed by atoms with Crippen LogP contribution in [0.5, 0.6) is 0 Å². The zero-order valence-corrected chi connectivity index (χ0v) is 10.7. The first kappa shape index (κ1) is 13.1. The molecule has 1 heterocycles. The molecule has 0 aliphatic rings. The van der Waals surface area contributed by atoms with Crippen molar-refractivity contribution < 1.29 is 4.21 Å². The van der Waals surface area contributed by atoms with E-state index in [2.05, 4.69) is 10.3 Å². The van der Waals surface area contributed by atoms with E-state index < -0.39 is 10.8 Å². The molecule has 6 heteroatoms.